The van der Waals surface area contributed by atoms with Crippen molar-refractivity contribution in [2.45, 2.75) is 31.5 Å². The summed E-state index contributed by atoms with van der Waals surface area (Å²) in [5, 5.41) is 3.67. The predicted molar refractivity (Wildman–Crippen MR) is 98.6 cm³/mol. The highest BCUT2D eigenvalue weighted by Gasteiger charge is 2.35. The molecule has 1 saturated heterocycles. The number of rotatable bonds is 5. The topological polar surface area (TPSA) is 62.4 Å². The molecule has 2 aromatic rings. The fraction of sp³-hybridized carbons (Fsp3) is 0.316. The Kier molecular flexibility index (Phi) is 5.58. The van der Waals surface area contributed by atoms with Crippen molar-refractivity contribution in [1.82, 2.24) is 16.2 Å². The average Bonchev–Trinajstić information content (AvgIpc) is 2.97. The summed E-state index contributed by atoms with van der Waals surface area (Å²) in [6.07, 6.45) is 0.0556. The van der Waals surface area contributed by atoms with Gasteiger partial charge in [0.2, 0.25) is 5.91 Å². The van der Waals surface area contributed by atoms with Crippen LogP contribution in [-0.4, -0.2) is 25.2 Å². The van der Waals surface area contributed by atoms with Crippen molar-refractivity contribution < 1.29 is 9.53 Å². The summed E-state index contributed by atoms with van der Waals surface area (Å²) in [4.78, 5) is 12.4. The monoisotopic (exact) mass is 359 g/mol. The standard InChI is InChI=1S/C19H22ClN3O2/c1-12-18(13-7-9-15(25-2)10-8-13)19(23-22-12)21-17(24)11-14-5-3-4-6-16(14)20/h3-10,12,18-19,22-23H,11H2,1-2H3,(H,21,24). The Balaban J connectivity index is 1.69. The minimum absolute atomic E-state index is 0.0694. The lowest BCUT2D eigenvalue weighted by molar-refractivity contribution is -0.121. The maximum Gasteiger partial charge on any atom is 0.225 e. The molecule has 5 nitrogen and oxygen atoms in total. The van der Waals surface area contributed by atoms with Gasteiger partial charge in [0.1, 0.15) is 11.9 Å². The first-order chi connectivity index (χ1) is 12.1. The molecular formula is C19H22ClN3O2. The molecule has 0 aromatic heterocycles. The molecule has 1 amide bonds. The van der Waals surface area contributed by atoms with E-state index in [0.29, 0.717) is 5.02 Å². The molecule has 2 aromatic carbocycles. The quantitative estimate of drug-likeness (QED) is 0.768. The van der Waals surface area contributed by atoms with Gasteiger partial charge in [-0.3, -0.25) is 10.2 Å². The molecule has 3 N–H and O–H groups in total. The zero-order valence-electron chi connectivity index (χ0n) is 14.3. The van der Waals surface area contributed by atoms with Crippen LogP contribution in [0.1, 0.15) is 24.0 Å². The van der Waals surface area contributed by atoms with E-state index >= 15 is 0 Å². The first kappa shape index (κ1) is 17.7. The number of nitrogens with one attached hydrogen (secondary N) is 3. The first-order valence-corrected chi connectivity index (χ1v) is 8.64. The fourth-order valence-corrected chi connectivity index (χ4v) is 3.36. The first-order valence-electron chi connectivity index (χ1n) is 8.26. The van der Waals surface area contributed by atoms with E-state index in [1.54, 1.807) is 13.2 Å². The highest BCUT2D eigenvalue weighted by Crippen LogP contribution is 2.27. The number of hydrazine groups is 1. The molecule has 1 fully saturated rings. The summed E-state index contributed by atoms with van der Waals surface area (Å²) in [5.74, 6) is 0.857. The SMILES string of the molecule is COc1ccc(C2C(C)NNC2NC(=O)Cc2ccccc2Cl)cc1. The van der Waals surface area contributed by atoms with Crippen molar-refractivity contribution in [3.05, 3.63) is 64.7 Å². The number of ether oxygens (including phenoxy) is 1. The van der Waals surface area contributed by atoms with E-state index in [9.17, 15) is 4.79 Å². The molecule has 0 radical (unpaired) electrons. The van der Waals surface area contributed by atoms with Gasteiger partial charge in [0, 0.05) is 17.0 Å². The Morgan fingerprint density at radius 1 is 1.16 bits per heavy atom. The van der Waals surface area contributed by atoms with Crippen molar-refractivity contribution in [3.63, 3.8) is 0 Å². The van der Waals surface area contributed by atoms with E-state index in [0.717, 1.165) is 16.9 Å². The van der Waals surface area contributed by atoms with E-state index in [1.807, 2.05) is 42.5 Å². The van der Waals surface area contributed by atoms with E-state index < -0.39 is 0 Å². The largest absolute Gasteiger partial charge is 0.497 e. The van der Waals surface area contributed by atoms with Gasteiger partial charge in [-0.1, -0.05) is 41.9 Å². The van der Waals surface area contributed by atoms with E-state index in [4.69, 9.17) is 16.3 Å². The molecule has 3 unspecified atom stereocenters. The Hall–Kier alpha value is -2.08. The number of carbonyl (C=O) groups is 1. The minimum Gasteiger partial charge on any atom is -0.497 e. The van der Waals surface area contributed by atoms with Crippen molar-refractivity contribution >= 4 is 17.5 Å². The molecule has 0 bridgehead atoms. The van der Waals surface area contributed by atoms with Gasteiger partial charge in [-0.2, -0.15) is 0 Å². The molecule has 1 aliphatic rings. The van der Waals surface area contributed by atoms with Gasteiger partial charge in [-0.05, 0) is 36.2 Å². The highest BCUT2D eigenvalue weighted by molar-refractivity contribution is 6.31. The molecule has 1 heterocycles. The predicted octanol–water partition coefficient (Wildman–Crippen LogP) is 2.61. The van der Waals surface area contributed by atoms with Crippen LogP contribution in [0.5, 0.6) is 5.75 Å². The summed E-state index contributed by atoms with van der Waals surface area (Å²) in [6.45, 7) is 2.09. The minimum atomic E-state index is -0.196. The van der Waals surface area contributed by atoms with Crippen LogP contribution in [0.4, 0.5) is 0 Å². The summed E-state index contributed by atoms with van der Waals surface area (Å²) in [5.41, 5.74) is 8.33. The maximum absolute atomic E-state index is 12.4. The lowest BCUT2D eigenvalue weighted by Crippen LogP contribution is -2.46. The van der Waals surface area contributed by atoms with Crippen LogP contribution in [0.25, 0.3) is 0 Å². The highest BCUT2D eigenvalue weighted by atomic mass is 35.5. The summed E-state index contributed by atoms with van der Waals surface area (Å²) in [6, 6.07) is 15.5. The molecule has 1 aliphatic heterocycles. The Morgan fingerprint density at radius 2 is 1.88 bits per heavy atom. The average molecular weight is 360 g/mol. The van der Waals surface area contributed by atoms with Crippen molar-refractivity contribution in [2.75, 3.05) is 7.11 Å². The normalized spacial score (nSPS) is 22.6. The third-order valence-electron chi connectivity index (χ3n) is 4.49. The van der Waals surface area contributed by atoms with Crippen LogP contribution in [-0.2, 0) is 11.2 Å². The second kappa shape index (κ2) is 7.87. The molecule has 0 aliphatic carbocycles. The van der Waals surface area contributed by atoms with Crippen molar-refractivity contribution in [3.8, 4) is 5.75 Å². The molecule has 132 valence electrons. The van der Waals surface area contributed by atoms with Gasteiger partial charge in [0.25, 0.3) is 0 Å². The van der Waals surface area contributed by atoms with Gasteiger partial charge in [0.05, 0.1) is 13.5 Å². The lowest BCUT2D eigenvalue weighted by Gasteiger charge is -2.23. The second-order valence-corrected chi connectivity index (χ2v) is 6.60. The van der Waals surface area contributed by atoms with Crippen molar-refractivity contribution in [1.29, 1.82) is 0 Å². The fourth-order valence-electron chi connectivity index (χ4n) is 3.16. The molecule has 0 spiro atoms. The number of hydrogen-bond acceptors (Lipinski definition) is 4. The third-order valence-corrected chi connectivity index (χ3v) is 4.86. The summed E-state index contributed by atoms with van der Waals surface area (Å²) >= 11 is 6.14. The van der Waals surface area contributed by atoms with E-state index in [2.05, 4.69) is 23.1 Å². The second-order valence-electron chi connectivity index (χ2n) is 6.19. The molecule has 6 heteroatoms. The van der Waals surface area contributed by atoms with Gasteiger partial charge in [-0.25, -0.2) is 5.43 Å². The number of methoxy groups -OCH3 is 1. The molecule has 0 saturated carbocycles. The smallest absolute Gasteiger partial charge is 0.225 e. The van der Waals surface area contributed by atoms with Crippen LogP contribution in [0.3, 0.4) is 0 Å². The molecular weight excluding hydrogens is 338 g/mol. The Morgan fingerprint density at radius 3 is 2.56 bits per heavy atom. The maximum atomic E-state index is 12.4. The van der Waals surface area contributed by atoms with Crippen LogP contribution < -0.4 is 20.9 Å². The summed E-state index contributed by atoms with van der Waals surface area (Å²) in [7, 11) is 1.65. The third kappa shape index (κ3) is 4.12. The Labute approximate surface area is 152 Å². The van der Waals surface area contributed by atoms with Gasteiger partial charge in [-0.15, -0.1) is 0 Å². The van der Waals surface area contributed by atoms with E-state index in [1.165, 1.54) is 0 Å². The van der Waals surface area contributed by atoms with Crippen LogP contribution in [0, 0.1) is 0 Å². The van der Waals surface area contributed by atoms with Crippen LogP contribution >= 0.6 is 11.6 Å². The van der Waals surface area contributed by atoms with Gasteiger partial charge in [0.15, 0.2) is 0 Å². The molecule has 3 atom stereocenters. The molecule has 3 rings (SSSR count). The van der Waals surface area contributed by atoms with Crippen LogP contribution in [0.2, 0.25) is 5.02 Å². The zero-order chi connectivity index (χ0) is 17.8. The number of amides is 1. The number of halogens is 1. The number of benzene rings is 2. The Bertz CT molecular complexity index is 736. The number of hydrogen-bond donors (Lipinski definition) is 3. The lowest BCUT2D eigenvalue weighted by atomic mass is 9.91. The number of carbonyl (C=O) groups excluding carboxylic acids is 1. The van der Waals surface area contributed by atoms with Gasteiger partial charge < -0.3 is 10.1 Å². The molecule has 25 heavy (non-hydrogen) atoms. The summed E-state index contributed by atoms with van der Waals surface area (Å²) < 4.78 is 5.21. The van der Waals surface area contributed by atoms with Gasteiger partial charge >= 0.3 is 0 Å². The van der Waals surface area contributed by atoms with Crippen LogP contribution in [0.15, 0.2) is 48.5 Å². The van der Waals surface area contributed by atoms with E-state index in [-0.39, 0.29) is 30.5 Å². The zero-order valence-corrected chi connectivity index (χ0v) is 15.0. The van der Waals surface area contributed by atoms with Crippen molar-refractivity contribution in [2.24, 2.45) is 0 Å².